The normalized spacial score (nSPS) is 10.7. The van der Waals surface area contributed by atoms with Crippen LogP contribution in [0.3, 0.4) is 0 Å². The lowest BCUT2D eigenvalue weighted by Gasteiger charge is -2.08. The van der Waals surface area contributed by atoms with Crippen LogP contribution in [-0.2, 0) is 6.61 Å². The van der Waals surface area contributed by atoms with Crippen molar-refractivity contribution in [2.45, 2.75) is 20.5 Å². The number of fused-ring (bicyclic) bond motifs is 1. The Kier molecular flexibility index (Phi) is 3.76. The van der Waals surface area contributed by atoms with Crippen molar-refractivity contribution < 1.29 is 19.1 Å². The van der Waals surface area contributed by atoms with Gasteiger partial charge in [-0.25, -0.2) is 9.78 Å². The zero-order chi connectivity index (χ0) is 16.6. The minimum Gasteiger partial charge on any atom is -0.487 e. The lowest BCUT2D eigenvalue weighted by molar-refractivity contribution is 0.0697. The third-order valence-corrected chi connectivity index (χ3v) is 4.43. The molecule has 0 aliphatic rings. The van der Waals surface area contributed by atoms with Crippen molar-refractivity contribution >= 4 is 28.3 Å². The summed E-state index contributed by atoms with van der Waals surface area (Å²) in [6, 6.07) is 5.26. The Morgan fingerprint density at radius 1 is 1.48 bits per heavy atom. The number of carboxylic acids is 1. The third-order valence-electron chi connectivity index (χ3n) is 3.52. The number of aryl methyl sites for hydroxylation is 2. The molecule has 3 aromatic rings. The number of carbonyl (C=O) groups is 1. The summed E-state index contributed by atoms with van der Waals surface area (Å²) < 4.78 is 11.2. The highest BCUT2D eigenvalue weighted by Crippen LogP contribution is 2.34. The molecule has 6 nitrogen and oxygen atoms in total. The Morgan fingerprint density at radius 3 is 2.87 bits per heavy atom. The molecule has 1 N–H and O–H groups in total. The van der Waals surface area contributed by atoms with Gasteiger partial charge in [-0.3, -0.25) is 0 Å². The zero-order valence-electron chi connectivity index (χ0n) is 12.4. The van der Waals surface area contributed by atoms with Gasteiger partial charge in [-0.1, -0.05) is 0 Å². The molecule has 0 bridgehead atoms. The van der Waals surface area contributed by atoms with Crippen LogP contribution in [0.4, 0.5) is 0 Å². The van der Waals surface area contributed by atoms with Gasteiger partial charge in [0, 0.05) is 0 Å². The molecule has 0 aliphatic carbocycles. The monoisotopic (exact) mass is 328 g/mol. The lowest BCUT2D eigenvalue weighted by Crippen LogP contribution is -2.00. The maximum Gasteiger partial charge on any atom is 0.339 e. The smallest absolute Gasteiger partial charge is 0.339 e. The van der Waals surface area contributed by atoms with E-state index in [0.29, 0.717) is 11.3 Å². The van der Waals surface area contributed by atoms with Crippen LogP contribution < -0.4 is 4.74 Å². The van der Waals surface area contributed by atoms with E-state index in [2.05, 4.69) is 4.98 Å². The predicted octanol–water partition coefficient (Wildman–Crippen LogP) is 3.66. The number of nitriles is 1. The molecule has 0 fully saturated rings. The molecular formula is C16H12N2O4S. The number of aromatic carboxylic acids is 1. The first-order valence-electron chi connectivity index (χ1n) is 6.74. The van der Waals surface area contributed by atoms with Crippen LogP contribution in [0.5, 0.6) is 5.75 Å². The molecule has 2 aromatic heterocycles. The maximum atomic E-state index is 11.4. The molecule has 23 heavy (non-hydrogen) atoms. The molecule has 116 valence electrons. The molecule has 0 radical (unpaired) electrons. The second-order valence-corrected chi connectivity index (χ2v) is 5.85. The molecule has 0 unspecified atom stereocenters. The second kappa shape index (κ2) is 5.74. The number of nitrogens with zero attached hydrogens (tertiary/aromatic N) is 2. The summed E-state index contributed by atoms with van der Waals surface area (Å²) in [4.78, 5) is 16.5. The topological polar surface area (TPSA) is 96.3 Å². The number of furan rings is 1. The van der Waals surface area contributed by atoms with Crippen LogP contribution >= 0.6 is 11.3 Å². The fraction of sp³-hybridized carbons (Fsp3) is 0.188. The molecule has 2 heterocycles. The van der Waals surface area contributed by atoms with Gasteiger partial charge in [0.25, 0.3) is 0 Å². The van der Waals surface area contributed by atoms with E-state index in [1.54, 1.807) is 24.6 Å². The van der Waals surface area contributed by atoms with E-state index in [9.17, 15) is 15.2 Å². The highest BCUT2D eigenvalue weighted by atomic mass is 32.1. The van der Waals surface area contributed by atoms with Crippen LogP contribution in [-0.4, -0.2) is 16.1 Å². The number of thiazole rings is 1. The van der Waals surface area contributed by atoms with Gasteiger partial charge in [-0.05, 0) is 26.0 Å². The number of ether oxygens (including phenoxy) is 1. The van der Waals surface area contributed by atoms with E-state index in [-0.39, 0.29) is 28.9 Å². The predicted molar refractivity (Wildman–Crippen MR) is 83.8 cm³/mol. The summed E-state index contributed by atoms with van der Waals surface area (Å²) in [7, 11) is 0. The van der Waals surface area contributed by atoms with Gasteiger partial charge in [0.2, 0.25) is 0 Å². The van der Waals surface area contributed by atoms with Gasteiger partial charge < -0.3 is 14.3 Å². The standard InChI is InChI=1S/C16H12N2O4S/c1-8-13(23-7-18-8)6-21-11-3-4-12-15(10(11)5-17)14(16(19)20)9(2)22-12/h3-4,7H,6H2,1-2H3,(H,19,20). The minimum atomic E-state index is -1.13. The van der Waals surface area contributed by atoms with Gasteiger partial charge >= 0.3 is 5.97 Å². The molecule has 0 atom stereocenters. The molecule has 0 saturated heterocycles. The molecule has 0 spiro atoms. The van der Waals surface area contributed by atoms with Gasteiger partial charge in [-0.15, -0.1) is 11.3 Å². The largest absolute Gasteiger partial charge is 0.487 e. The molecular weight excluding hydrogens is 316 g/mol. The van der Waals surface area contributed by atoms with Crippen molar-refractivity contribution in [3.8, 4) is 11.8 Å². The number of aromatic nitrogens is 1. The summed E-state index contributed by atoms with van der Waals surface area (Å²) in [5, 5.41) is 19.1. The molecule has 0 amide bonds. The zero-order valence-corrected chi connectivity index (χ0v) is 13.2. The summed E-state index contributed by atoms with van der Waals surface area (Å²) in [6.07, 6.45) is 0. The van der Waals surface area contributed by atoms with E-state index in [4.69, 9.17) is 9.15 Å². The summed E-state index contributed by atoms with van der Waals surface area (Å²) in [5.41, 5.74) is 3.12. The number of rotatable bonds is 4. The van der Waals surface area contributed by atoms with Crippen LogP contribution in [0.1, 0.15) is 32.3 Å². The van der Waals surface area contributed by atoms with E-state index in [0.717, 1.165) is 10.6 Å². The van der Waals surface area contributed by atoms with Crippen molar-refractivity contribution in [1.82, 2.24) is 4.98 Å². The van der Waals surface area contributed by atoms with Crippen LogP contribution in [0.2, 0.25) is 0 Å². The quantitative estimate of drug-likeness (QED) is 0.785. The fourth-order valence-electron chi connectivity index (χ4n) is 2.39. The van der Waals surface area contributed by atoms with Gasteiger partial charge in [0.1, 0.15) is 40.9 Å². The first-order valence-corrected chi connectivity index (χ1v) is 7.62. The van der Waals surface area contributed by atoms with Crippen molar-refractivity contribution in [3.63, 3.8) is 0 Å². The summed E-state index contributed by atoms with van der Waals surface area (Å²) in [6.45, 7) is 3.72. The Labute approximate surface area is 135 Å². The molecule has 3 rings (SSSR count). The van der Waals surface area contributed by atoms with Gasteiger partial charge in [0.05, 0.1) is 21.5 Å². The molecule has 0 saturated carbocycles. The highest BCUT2D eigenvalue weighted by molar-refractivity contribution is 7.09. The van der Waals surface area contributed by atoms with Crippen molar-refractivity contribution in [1.29, 1.82) is 5.26 Å². The number of hydrogen-bond donors (Lipinski definition) is 1. The van der Waals surface area contributed by atoms with E-state index in [1.165, 1.54) is 11.3 Å². The second-order valence-electron chi connectivity index (χ2n) is 4.91. The van der Waals surface area contributed by atoms with Crippen molar-refractivity contribution in [3.05, 3.63) is 45.1 Å². The first-order chi connectivity index (χ1) is 11.0. The summed E-state index contributed by atoms with van der Waals surface area (Å²) in [5.74, 6) is -0.538. The Balaban J connectivity index is 2.08. The molecule has 1 aromatic carbocycles. The fourth-order valence-corrected chi connectivity index (χ4v) is 3.07. The van der Waals surface area contributed by atoms with Crippen LogP contribution in [0.15, 0.2) is 22.1 Å². The Hall–Kier alpha value is -2.85. The molecule has 0 aliphatic heterocycles. The number of carboxylic acid groups (broad SMARTS) is 1. The van der Waals surface area contributed by atoms with E-state index >= 15 is 0 Å². The van der Waals surface area contributed by atoms with Gasteiger partial charge in [-0.2, -0.15) is 5.26 Å². The lowest BCUT2D eigenvalue weighted by atomic mass is 10.0. The third kappa shape index (κ3) is 2.53. The highest BCUT2D eigenvalue weighted by Gasteiger charge is 2.23. The van der Waals surface area contributed by atoms with Crippen molar-refractivity contribution in [2.24, 2.45) is 0 Å². The number of benzene rings is 1. The molecule has 7 heteroatoms. The first kappa shape index (κ1) is 15.1. The van der Waals surface area contributed by atoms with Crippen LogP contribution in [0, 0.1) is 25.2 Å². The summed E-state index contributed by atoms with van der Waals surface area (Å²) >= 11 is 1.47. The van der Waals surface area contributed by atoms with E-state index < -0.39 is 5.97 Å². The maximum absolute atomic E-state index is 11.4. The SMILES string of the molecule is Cc1ncsc1COc1ccc2oc(C)c(C(=O)O)c2c1C#N. The van der Waals surface area contributed by atoms with Crippen LogP contribution in [0.25, 0.3) is 11.0 Å². The van der Waals surface area contributed by atoms with Crippen molar-refractivity contribution in [2.75, 3.05) is 0 Å². The average molecular weight is 328 g/mol. The number of hydrogen-bond acceptors (Lipinski definition) is 6. The Bertz CT molecular complexity index is 949. The minimum absolute atomic E-state index is 0.00373. The Morgan fingerprint density at radius 2 is 2.26 bits per heavy atom. The average Bonchev–Trinajstić information content (AvgIpc) is 3.06. The van der Waals surface area contributed by atoms with E-state index in [1.807, 2.05) is 13.0 Å². The van der Waals surface area contributed by atoms with Gasteiger partial charge in [0.15, 0.2) is 0 Å².